The Morgan fingerprint density at radius 2 is 1.67 bits per heavy atom. The van der Waals surface area contributed by atoms with Crippen molar-refractivity contribution in [2.45, 2.75) is 25.4 Å². The summed E-state index contributed by atoms with van der Waals surface area (Å²) in [6.45, 7) is 3.88. The quantitative estimate of drug-likeness (QED) is 0.649. The predicted octanol–water partition coefficient (Wildman–Crippen LogP) is 1.42. The van der Waals surface area contributed by atoms with E-state index in [0.29, 0.717) is 0 Å². The average molecular weight is 164 g/mol. The van der Waals surface area contributed by atoms with Gasteiger partial charge in [0.05, 0.1) is 5.66 Å². The molecule has 1 rings (SSSR count). The minimum absolute atomic E-state index is 0.179. The summed E-state index contributed by atoms with van der Waals surface area (Å²) in [6, 6.07) is 10.1. The van der Waals surface area contributed by atoms with E-state index in [1.807, 2.05) is 44.2 Å². The monoisotopic (exact) mass is 164 g/mol. The average Bonchev–Trinajstić information content (AvgIpc) is 2.03. The molecule has 0 fully saturated rings. The summed E-state index contributed by atoms with van der Waals surface area (Å²) in [5.41, 5.74) is 12.1. The Bertz CT molecular complexity index is 236. The van der Waals surface area contributed by atoms with Crippen molar-refractivity contribution < 1.29 is 0 Å². The highest BCUT2D eigenvalue weighted by molar-refractivity contribution is 5.21. The molecule has 0 aromatic heterocycles. The van der Waals surface area contributed by atoms with E-state index in [9.17, 15) is 0 Å². The van der Waals surface area contributed by atoms with E-state index < -0.39 is 5.66 Å². The summed E-state index contributed by atoms with van der Waals surface area (Å²) in [5.74, 6) is 0.179. The molecule has 1 unspecified atom stereocenters. The smallest absolute Gasteiger partial charge is 0.0675 e. The van der Waals surface area contributed by atoms with Gasteiger partial charge in [0.25, 0.3) is 0 Å². The normalized spacial score (nSPS) is 14.3. The lowest BCUT2D eigenvalue weighted by Gasteiger charge is -2.27. The molecule has 0 aliphatic carbocycles. The standard InChI is InChI=1S/C10H16N2/c1-8(10(2,11)12)9-6-4-3-5-7-9/h3-8H,11-12H2,1-2H3. The van der Waals surface area contributed by atoms with Crippen LogP contribution in [0, 0.1) is 0 Å². The molecule has 0 radical (unpaired) electrons. The lowest BCUT2D eigenvalue weighted by atomic mass is 9.90. The van der Waals surface area contributed by atoms with Crippen LogP contribution in [0.5, 0.6) is 0 Å². The molecule has 4 N–H and O–H groups in total. The minimum Gasteiger partial charge on any atom is -0.313 e. The van der Waals surface area contributed by atoms with Crippen molar-refractivity contribution in [2.24, 2.45) is 11.5 Å². The topological polar surface area (TPSA) is 52.0 Å². The molecule has 0 saturated carbocycles. The third kappa shape index (κ3) is 2.06. The molecule has 0 aliphatic heterocycles. The van der Waals surface area contributed by atoms with Crippen LogP contribution in [0.4, 0.5) is 0 Å². The van der Waals surface area contributed by atoms with Crippen molar-refractivity contribution in [3.8, 4) is 0 Å². The first kappa shape index (κ1) is 9.23. The van der Waals surface area contributed by atoms with Gasteiger partial charge in [-0.3, -0.25) is 0 Å². The van der Waals surface area contributed by atoms with E-state index >= 15 is 0 Å². The molecule has 0 saturated heterocycles. The third-order valence-corrected chi connectivity index (χ3v) is 2.23. The maximum atomic E-state index is 5.79. The summed E-state index contributed by atoms with van der Waals surface area (Å²) < 4.78 is 0. The van der Waals surface area contributed by atoms with Crippen LogP contribution in [-0.2, 0) is 0 Å². The van der Waals surface area contributed by atoms with Gasteiger partial charge in [0.15, 0.2) is 0 Å². The number of rotatable bonds is 2. The Balaban J connectivity index is 2.86. The van der Waals surface area contributed by atoms with E-state index in [1.165, 1.54) is 5.56 Å². The highest BCUT2D eigenvalue weighted by Crippen LogP contribution is 2.21. The first-order chi connectivity index (χ1) is 5.52. The van der Waals surface area contributed by atoms with Crippen molar-refractivity contribution in [1.29, 1.82) is 0 Å². The van der Waals surface area contributed by atoms with E-state index in [1.54, 1.807) is 0 Å². The highest BCUT2D eigenvalue weighted by atomic mass is 14.9. The number of hydrogen-bond donors (Lipinski definition) is 2. The third-order valence-electron chi connectivity index (χ3n) is 2.23. The van der Waals surface area contributed by atoms with Gasteiger partial charge in [0.2, 0.25) is 0 Å². The molecule has 2 nitrogen and oxygen atoms in total. The van der Waals surface area contributed by atoms with Crippen molar-refractivity contribution >= 4 is 0 Å². The van der Waals surface area contributed by atoms with Crippen LogP contribution in [0.2, 0.25) is 0 Å². The second-order valence-electron chi connectivity index (χ2n) is 3.50. The van der Waals surface area contributed by atoms with E-state index in [2.05, 4.69) is 0 Å². The van der Waals surface area contributed by atoms with Gasteiger partial charge in [-0.25, -0.2) is 0 Å². The van der Waals surface area contributed by atoms with Crippen LogP contribution in [0.1, 0.15) is 25.3 Å². The van der Waals surface area contributed by atoms with Crippen LogP contribution in [0.15, 0.2) is 30.3 Å². The second kappa shape index (κ2) is 3.25. The molecule has 1 aromatic carbocycles. The number of hydrogen-bond acceptors (Lipinski definition) is 2. The number of nitrogens with two attached hydrogens (primary N) is 2. The summed E-state index contributed by atoms with van der Waals surface area (Å²) in [5, 5.41) is 0. The Kier molecular flexibility index (Phi) is 2.50. The molecule has 12 heavy (non-hydrogen) atoms. The molecule has 0 spiro atoms. The number of benzene rings is 1. The molecule has 2 heteroatoms. The van der Waals surface area contributed by atoms with Gasteiger partial charge >= 0.3 is 0 Å². The molecular weight excluding hydrogens is 148 g/mol. The van der Waals surface area contributed by atoms with Crippen molar-refractivity contribution in [3.05, 3.63) is 35.9 Å². The Labute approximate surface area is 73.6 Å². The zero-order valence-electron chi connectivity index (χ0n) is 7.62. The largest absolute Gasteiger partial charge is 0.313 e. The van der Waals surface area contributed by atoms with Gasteiger partial charge in [0.1, 0.15) is 0 Å². The second-order valence-corrected chi connectivity index (χ2v) is 3.50. The SMILES string of the molecule is CC(c1ccccc1)C(C)(N)N. The fourth-order valence-corrected chi connectivity index (χ4v) is 1.10. The zero-order valence-corrected chi connectivity index (χ0v) is 7.62. The van der Waals surface area contributed by atoms with Gasteiger partial charge in [-0.05, 0) is 12.5 Å². The van der Waals surface area contributed by atoms with E-state index in [0.717, 1.165) is 0 Å². The maximum absolute atomic E-state index is 5.79. The summed E-state index contributed by atoms with van der Waals surface area (Å²) >= 11 is 0. The Hall–Kier alpha value is -0.860. The molecule has 1 aromatic rings. The molecule has 0 aliphatic rings. The summed E-state index contributed by atoms with van der Waals surface area (Å²) in [7, 11) is 0. The van der Waals surface area contributed by atoms with Gasteiger partial charge < -0.3 is 11.5 Å². The molecule has 1 atom stereocenters. The fourth-order valence-electron chi connectivity index (χ4n) is 1.10. The Morgan fingerprint density at radius 1 is 1.17 bits per heavy atom. The molecular formula is C10H16N2. The van der Waals surface area contributed by atoms with Gasteiger partial charge in [-0.1, -0.05) is 37.3 Å². The van der Waals surface area contributed by atoms with Crippen LogP contribution < -0.4 is 11.5 Å². The first-order valence-corrected chi connectivity index (χ1v) is 4.14. The molecule has 0 heterocycles. The van der Waals surface area contributed by atoms with Crippen molar-refractivity contribution in [3.63, 3.8) is 0 Å². The summed E-state index contributed by atoms with van der Waals surface area (Å²) in [6.07, 6.45) is 0. The van der Waals surface area contributed by atoms with Crippen molar-refractivity contribution in [2.75, 3.05) is 0 Å². The highest BCUT2D eigenvalue weighted by Gasteiger charge is 2.21. The first-order valence-electron chi connectivity index (χ1n) is 4.14. The fraction of sp³-hybridized carbons (Fsp3) is 0.400. The molecule has 66 valence electrons. The van der Waals surface area contributed by atoms with Gasteiger partial charge in [-0.2, -0.15) is 0 Å². The van der Waals surface area contributed by atoms with Gasteiger partial charge in [0, 0.05) is 5.92 Å². The van der Waals surface area contributed by atoms with Crippen LogP contribution in [0.25, 0.3) is 0 Å². The predicted molar refractivity (Wildman–Crippen MR) is 51.6 cm³/mol. The lowest BCUT2D eigenvalue weighted by molar-refractivity contribution is 0.411. The maximum Gasteiger partial charge on any atom is 0.0675 e. The summed E-state index contributed by atoms with van der Waals surface area (Å²) in [4.78, 5) is 0. The van der Waals surface area contributed by atoms with Gasteiger partial charge in [-0.15, -0.1) is 0 Å². The van der Waals surface area contributed by atoms with Crippen LogP contribution in [-0.4, -0.2) is 5.66 Å². The Morgan fingerprint density at radius 3 is 2.08 bits per heavy atom. The van der Waals surface area contributed by atoms with Crippen LogP contribution in [0.3, 0.4) is 0 Å². The van der Waals surface area contributed by atoms with Crippen LogP contribution >= 0.6 is 0 Å². The van der Waals surface area contributed by atoms with Crippen molar-refractivity contribution in [1.82, 2.24) is 0 Å². The molecule has 0 bridgehead atoms. The van der Waals surface area contributed by atoms with E-state index in [4.69, 9.17) is 11.5 Å². The van der Waals surface area contributed by atoms with E-state index in [-0.39, 0.29) is 5.92 Å². The zero-order chi connectivity index (χ0) is 9.19. The minimum atomic E-state index is -0.638. The lowest BCUT2D eigenvalue weighted by Crippen LogP contribution is -2.50. The molecule has 0 amide bonds.